The minimum atomic E-state index is 0.128. The molecule has 1 heteroatoms. The van der Waals surface area contributed by atoms with Gasteiger partial charge in [0.25, 0.3) is 0 Å². The summed E-state index contributed by atoms with van der Waals surface area (Å²) < 4.78 is 0. The van der Waals surface area contributed by atoms with Crippen LogP contribution in [0.25, 0.3) is 0 Å². The highest BCUT2D eigenvalue weighted by Gasteiger charge is 2.06. The molecule has 0 radical (unpaired) electrons. The van der Waals surface area contributed by atoms with Crippen LogP contribution in [0.4, 0.5) is 0 Å². The van der Waals surface area contributed by atoms with Crippen molar-refractivity contribution in [3.8, 4) is 0 Å². The average Bonchev–Trinajstić information content (AvgIpc) is 2.02. The van der Waals surface area contributed by atoms with Crippen LogP contribution in [0.3, 0.4) is 0 Å². The van der Waals surface area contributed by atoms with E-state index in [0.717, 1.165) is 5.57 Å². The van der Waals surface area contributed by atoms with Crippen LogP contribution in [0.2, 0.25) is 0 Å². The molecule has 12 heavy (non-hydrogen) atoms. The van der Waals surface area contributed by atoms with E-state index in [-0.39, 0.29) is 5.78 Å². The van der Waals surface area contributed by atoms with Gasteiger partial charge in [0, 0.05) is 0 Å². The maximum absolute atomic E-state index is 11.3. The van der Waals surface area contributed by atoms with E-state index in [9.17, 15) is 4.79 Å². The van der Waals surface area contributed by atoms with Crippen molar-refractivity contribution in [2.75, 3.05) is 0 Å². The number of ketones is 1. The molecule has 0 N–H and O–H groups in total. The fourth-order valence-electron chi connectivity index (χ4n) is 0.904. The largest absolute Gasteiger partial charge is 0.290 e. The van der Waals surface area contributed by atoms with E-state index >= 15 is 0 Å². The minimum absolute atomic E-state index is 0.128. The number of allylic oxidation sites excluding steroid dienone is 4. The van der Waals surface area contributed by atoms with Crippen molar-refractivity contribution in [3.05, 3.63) is 23.3 Å². The van der Waals surface area contributed by atoms with Gasteiger partial charge in [0.2, 0.25) is 0 Å². The molecule has 0 aromatic carbocycles. The summed E-state index contributed by atoms with van der Waals surface area (Å²) in [4.78, 5) is 11.3. The zero-order chi connectivity index (χ0) is 9.72. The van der Waals surface area contributed by atoms with Crippen LogP contribution in [0.15, 0.2) is 23.3 Å². The molecule has 0 unspecified atom stereocenters. The first-order valence-corrected chi connectivity index (χ1v) is 4.35. The van der Waals surface area contributed by atoms with Crippen molar-refractivity contribution in [2.45, 2.75) is 34.6 Å². The van der Waals surface area contributed by atoms with Gasteiger partial charge in [-0.2, -0.15) is 0 Å². The number of carbonyl (C=O) groups is 1. The average molecular weight is 166 g/mol. The van der Waals surface area contributed by atoms with E-state index in [1.807, 2.05) is 20.8 Å². The molecule has 0 aliphatic heterocycles. The molecule has 0 spiro atoms. The fourth-order valence-corrected chi connectivity index (χ4v) is 0.904. The van der Waals surface area contributed by atoms with Gasteiger partial charge in [0.15, 0.2) is 5.78 Å². The van der Waals surface area contributed by atoms with Crippen LogP contribution in [-0.2, 0) is 4.79 Å². The summed E-state index contributed by atoms with van der Waals surface area (Å²) in [5, 5.41) is 0. The molecule has 0 saturated heterocycles. The number of hydrogen-bond donors (Lipinski definition) is 0. The molecule has 0 saturated carbocycles. The van der Waals surface area contributed by atoms with E-state index in [4.69, 9.17) is 0 Å². The van der Waals surface area contributed by atoms with Gasteiger partial charge in [-0.05, 0) is 38.3 Å². The third-order valence-corrected chi connectivity index (χ3v) is 2.15. The molecule has 0 atom stereocenters. The van der Waals surface area contributed by atoms with Crippen molar-refractivity contribution in [1.29, 1.82) is 0 Å². The van der Waals surface area contributed by atoms with Crippen LogP contribution < -0.4 is 0 Å². The molecule has 0 aliphatic rings. The van der Waals surface area contributed by atoms with Gasteiger partial charge in [-0.15, -0.1) is 0 Å². The lowest BCUT2D eigenvalue weighted by Gasteiger charge is -2.08. The topological polar surface area (TPSA) is 17.1 Å². The molecule has 0 amide bonds. The highest BCUT2D eigenvalue weighted by atomic mass is 16.1. The Labute approximate surface area is 75.2 Å². The van der Waals surface area contributed by atoms with Gasteiger partial charge in [0.05, 0.1) is 0 Å². The molecule has 0 aromatic heterocycles. The summed E-state index contributed by atoms with van der Waals surface area (Å²) in [7, 11) is 0. The van der Waals surface area contributed by atoms with E-state index in [1.165, 1.54) is 5.57 Å². The number of rotatable bonds is 3. The Bertz CT molecular complexity index is 219. The zero-order valence-electron chi connectivity index (χ0n) is 8.64. The summed E-state index contributed by atoms with van der Waals surface area (Å²) in [5.74, 6) is 0.586. The Balaban J connectivity index is 4.66. The van der Waals surface area contributed by atoms with Crippen LogP contribution in [-0.4, -0.2) is 5.78 Å². The summed E-state index contributed by atoms with van der Waals surface area (Å²) in [6.07, 6.45) is 3.39. The normalized spacial score (nSPS) is 13.8. The first-order chi connectivity index (χ1) is 5.50. The van der Waals surface area contributed by atoms with Gasteiger partial charge in [-0.3, -0.25) is 4.79 Å². The number of hydrogen-bond acceptors (Lipinski definition) is 1. The molecular formula is C11H18O. The fraction of sp³-hybridized carbons (Fsp3) is 0.545. The van der Waals surface area contributed by atoms with Crippen molar-refractivity contribution >= 4 is 5.78 Å². The van der Waals surface area contributed by atoms with E-state index in [0.29, 0.717) is 5.92 Å². The van der Waals surface area contributed by atoms with Crippen molar-refractivity contribution in [1.82, 2.24) is 0 Å². The second-order valence-corrected chi connectivity index (χ2v) is 3.33. The lowest BCUT2D eigenvalue weighted by atomic mass is 9.97. The van der Waals surface area contributed by atoms with E-state index < -0.39 is 0 Å². The Morgan fingerprint density at radius 1 is 1.25 bits per heavy atom. The molecule has 1 nitrogen and oxygen atoms in total. The predicted octanol–water partition coefficient (Wildman–Crippen LogP) is 3.12. The molecule has 0 fully saturated rings. The molecule has 0 heterocycles. The van der Waals surface area contributed by atoms with E-state index in [1.54, 1.807) is 12.2 Å². The highest BCUT2D eigenvalue weighted by Crippen LogP contribution is 2.14. The molecule has 0 bridgehead atoms. The lowest BCUT2D eigenvalue weighted by Crippen LogP contribution is -2.01. The molecule has 68 valence electrons. The maximum Gasteiger partial charge on any atom is 0.181 e. The van der Waals surface area contributed by atoms with Crippen molar-refractivity contribution in [2.24, 2.45) is 5.92 Å². The second kappa shape index (κ2) is 4.91. The second-order valence-electron chi connectivity index (χ2n) is 3.33. The standard InChI is InChI=1S/C11H18O/c1-6-7-11(12)10(5)9(4)8(2)3/h6-8H,1-5H3/b7-6-,10-9-. The predicted molar refractivity (Wildman–Crippen MR) is 53.0 cm³/mol. The summed E-state index contributed by atoms with van der Waals surface area (Å²) in [6.45, 7) is 9.96. The van der Waals surface area contributed by atoms with Gasteiger partial charge >= 0.3 is 0 Å². The number of carbonyl (C=O) groups excluding carboxylic acids is 1. The van der Waals surface area contributed by atoms with Crippen molar-refractivity contribution < 1.29 is 4.79 Å². The molecule has 0 aliphatic carbocycles. The lowest BCUT2D eigenvalue weighted by molar-refractivity contribution is -0.111. The van der Waals surface area contributed by atoms with Crippen LogP contribution in [0.1, 0.15) is 34.6 Å². The van der Waals surface area contributed by atoms with Gasteiger partial charge in [-0.25, -0.2) is 0 Å². The zero-order valence-corrected chi connectivity index (χ0v) is 8.64. The maximum atomic E-state index is 11.3. The molecule has 0 aromatic rings. The van der Waals surface area contributed by atoms with Crippen LogP contribution >= 0.6 is 0 Å². The first-order valence-electron chi connectivity index (χ1n) is 4.35. The Kier molecular flexibility index (Phi) is 4.57. The third kappa shape index (κ3) is 3.04. The summed E-state index contributed by atoms with van der Waals surface area (Å²) in [6, 6.07) is 0. The smallest absolute Gasteiger partial charge is 0.181 e. The SMILES string of the molecule is C/C=C\C(=O)/C(C)=C(/C)C(C)C. The van der Waals surface area contributed by atoms with Crippen molar-refractivity contribution in [3.63, 3.8) is 0 Å². The minimum Gasteiger partial charge on any atom is -0.290 e. The first kappa shape index (κ1) is 11.2. The van der Waals surface area contributed by atoms with Gasteiger partial charge in [0.1, 0.15) is 0 Å². The quantitative estimate of drug-likeness (QED) is 0.589. The summed E-state index contributed by atoms with van der Waals surface area (Å²) >= 11 is 0. The van der Waals surface area contributed by atoms with Crippen LogP contribution in [0, 0.1) is 5.92 Å². The molecule has 0 rings (SSSR count). The Morgan fingerprint density at radius 2 is 1.75 bits per heavy atom. The van der Waals surface area contributed by atoms with E-state index in [2.05, 4.69) is 13.8 Å². The van der Waals surface area contributed by atoms with Gasteiger partial charge in [-0.1, -0.05) is 25.5 Å². The van der Waals surface area contributed by atoms with Crippen LogP contribution in [0.5, 0.6) is 0 Å². The third-order valence-electron chi connectivity index (χ3n) is 2.15. The Hall–Kier alpha value is -0.850. The molecular weight excluding hydrogens is 148 g/mol. The van der Waals surface area contributed by atoms with Gasteiger partial charge < -0.3 is 0 Å². The summed E-state index contributed by atoms with van der Waals surface area (Å²) in [5.41, 5.74) is 2.06. The Morgan fingerprint density at radius 3 is 2.08 bits per heavy atom. The highest BCUT2D eigenvalue weighted by molar-refractivity contribution is 6.03. The monoisotopic (exact) mass is 166 g/mol.